The minimum Gasteiger partial charge on any atom is -0.396 e. The Morgan fingerprint density at radius 2 is 1.15 bits per heavy atom. The van der Waals surface area contributed by atoms with Crippen LogP contribution in [0.5, 0.6) is 0 Å². The molecule has 2 nitrogen and oxygen atoms in total. The van der Waals surface area contributed by atoms with Crippen molar-refractivity contribution in [2.45, 2.75) is 0 Å². The Hall–Kier alpha value is -5.21. The molecule has 0 aliphatic rings. The van der Waals surface area contributed by atoms with Gasteiger partial charge < -0.3 is 5.73 Å². The van der Waals surface area contributed by atoms with E-state index in [0.29, 0.717) is 5.69 Å². The van der Waals surface area contributed by atoms with E-state index in [9.17, 15) is 0 Å². The van der Waals surface area contributed by atoms with Crippen molar-refractivity contribution in [3.05, 3.63) is 169 Å². The van der Waals surface area contributed by atoms with E-state index in [0.717, 1.165) is 61.1 Å². The minimum absolute atomic E-state index is 0.651. The number of nitrogens with zero attached hydrogens (tertiary/aromatic N) is 1. The molecule has 1 heterocycles. The largest absolute Gasteiger partial charge is 0.396 e. The lowest BCUT2D eigenvalue weighted by Gasteiger charge is -2.17. The summed E-state index contributed by atoms with van der Waals surface area (Å²) in [5.74, 6) is 0. The molecule has 0 atom stereocenters. The van der Waals surface area contributed by atoms with Crippen LogP contribution in [0.15, 0.2) is 152 Å². The Morgan fingerprint density at radius 3 is 1.77 bits per heavy atom. The third-order valence-corrected chi connectivity index (χ3v) is 7.01. The molecule has 6 aromatic rings. The fourth-order valence-electron chi connectivity index (χ4n) is 5.01. The van der Waals surface area contributed by atoms with Crippen LogP contribution in [0.3, 0.4) is 0 Å². The van der Waals surface area contributed by atoms with Gasteiger partial charge in [0.15, 0.2) is 0 Å². The van der Waals surface area contributed by atoms with E-state index < -0.39 is 0 Å². The number of fused-ring (bicyclic) bond motifs is 1. The number of hydrogen-bond donors (Lipinski definition) is 1. The number of hydrogen-bond acceptors (Lipinski definition) is 2. The SMILES string of the molecule is C=C(/C=C(/c1ccccc1)c1ccc2c(-c3ccccc3)cc(-c3ccccc3)nc2c1N)c1ccccc1. The standard InChI is InChI=1S/C37H28N2/c1-26(27-14-6-2-7-15-27)24-33(28-16-8-3-9-17-28)31-22-23-32-34(29-18-10-4-11-19-29)25-35(39-37(32)36(31)38)30-20-12-5-13-21-30/h2-25H,1,38H2/b33-24-. The van der Waals surface area contributed by atoms with Gasteiger partial charge in [0.25, 0.3) is 0 Å². The molecule has 2 heteroatoms. The van der Waals surface area contributed by atoms with Crippen LogP contribution in [0.2, 0.25) is 0 Å². The van der Waals surface area contributed by atoms with E-state index in [1.165, 1.54) is 0 Å². The fraction of sp³-hybridized carbons (Fsp3) is 0. The average Bonchev–Trinajstić information content (AvgIpc) is 3.01. The molecule has 0 unspecified atom stereocenters. The van der Waals surface area contributed by atoms with E-state index in [2.05, 4.69) is 91.5 Å². The molecule has 2 N–H and O–H groups in total. The zero-order chi connectivity index (χ0) is 26.6. The lowest BCUT2D eigenvalue weighted by atomic mass is 9.90. The summed E-state index contributed by atoms with van der Waals surface area (Å²) in [6.07, 6.45) is 2.13. The normalized spacial score (nSPS) is 11.4. The molecule has 39 heavy (non-hydrogen) atoms. The molecule has 0 fully saturated rings. The van der Waals surface area contributed by atoms with Crippen LogP contribution >= 0.6 is 0 Å². The zero-order valence-electron chi connectivity index (χ0n) is 21.6. The van der Waals surface area contributed by atoms with Crippen molar-refractivity contribution in [1.29, 1.82) is 0 Å². The van der Waals surface area contributed by atoms with Gasteiger partial charge in [-0.1, -0.05) is 140 Å². The summed E-state index contributed by atoms with van der Waals surface area (Å²) < 4.78 is 0. The number of allylic oxidation sites excluding steroid dienone is 2. The molecule has 0 spiro atoms. The van der Waals surface area contributed by atoms with Crippen LogP contribution in [-0.2, 0) is 0 Å². The second-order valence-corrected chi connectivity index (χ2v) is 9.53. The summed E-state index contributed by atoms with van der Waals surface area (Å²) in [7, 11) is 0. The van der Waals surface area contributed by atoms with E-state index in [1.807, 2.05) is 60.7 Å². The monoisotopic (exact) mass is 500 g/mol. The molecule has 0 aliphatic heterocycles. The van der Waals surface area contributed by atoms with Crippen molar-refractivity contribution in [3.63, 3.8) is 0 Å². The van der Waals surface area contributed by atoms with Crippen molar-refractivity contribution < 1.29 is 0 Å². The summed E-state index contributed by atoms with van der Waals surface area (Å²) in [6.45, 7) is 4.38. The van der Waals surface area contributed by atoms with Crippen LogP contribution in [0.1, 0.15) is 16.7 Å². The van der Waals surface area contributed by atoms with Gasteiger partial charge >= 0.3 is 0 Å². The number of nitrogen functional groups attached to an aromatic ring is 1. The first-order valence-corrected chi connectivity index (χ1v) is 13.0. The maximum atomic E-state index is 7.03. The Kier molecular flexibility index (Phi) is 6.59. The van der Waals surface area contributed by atoms with E-state index in [4.69, 9.17) is 10.7 Å². The van der Waals surface area contributed by atoms with Gasteiger partial charge in [-0.3, -0.25) is 0 Å². The second-order valence-electron chi connectivity index (χ2n) is 9.53. The highest BCUT2D eigenvalue weighted by atomic mass is 14.7. The number of rotatable bonds is 6. The molecule has 0 radical (unpaired) electrons. The molecule has 5 aromatic carbocycles. The van der Waals surface area contributed by atoms with Gasteiger partial charge in [-0.2, -0.15) is 0 Å². The fourth-order valence-corrected chi connectivity index (χ4v) is 5.01. The van der Waals surface area contributed by atoms with Crippen molar-refractivity contribution in [1.82, 2.24) is 4.98 Å². The van der Waals surface area contributed by atoms with Gasteiger partial charge in [0.2, 0.25) is 0 Å². The van der Waals surface area contributed by atoms with Crippen molar-refractivity contribution >= 4 is 27.7 Å². The molecule has 0 aliphatic carbocycles. The highest BCUT2D eigenvalue weighted by molar-refractivity contribution is 6.06. The molecular formula is C37H28N2. The predicted molar refractivity (Wildman–Crippen MR) is 166 cm³/mol. The van der Waals surface area contributed by atoms with Gasteiger partial charge in [0, 0.05) is 16.5 Å². The van der Waals surface area contributed by atoms with Crippen molar-refractivity contribution in [2.75, 3.05) is 5.73 Å². The third kappa shape index (κ3) is 4.88. The summed E-state index contributed by atoms with van der Waals surface area (Å²) >= 11 is 0. The van der Waals surface area contributed by atoms with E-state index >= 15 is 0 Å². The maximum absolute atomic E-state index is 7.03. The predicted octanol–water partition coefficient (Wildman–Crippen LogP) is 9.30. The topological polar surface area (TPSA) is 38.9 Å². The Bertz CT molecular complexity index is 1790. The van der Waals surface area contributed by atoms with Gasteiger partial charge in [0.05, 0.1) is 16.9 Å². The van der Waals surface area contributed by atoms with Crippen LogP contribution in [-0.4, -0.2) is 4.98 Å². The van der Waals surface area contributed by atoms with E-state index in [1.54, 1.807) is 0 Å². The molecule has 0 saturated heterocycles. The van der Waals surface area contributed by atoms with E-state index in [-0.39, 0.29) is 0 Å². The second kappa shape index (κ2) is 10.6. The molecule has 6 rings (SSSR count). The van der Waals surface area contributed by atoms with Crippen LogP contribution in [0.25, 0.3) is 44.4 Å². The smallest absolute Gasteiger partial charge is 0.0951 e. The first kappa shape index (κ1) is 24.1. The molecule has 0 saturated carbocycles. The first-order chi connectivity index (χ1) is 19.2. The lowest BCUT2D eigenvalue weighted by Crippen LogP contribution is -2.00. The van der Waals surface area contributed by atoms with Gasteiger partial charge in [-0.15, -0.1) is 0 Å². The van der Waals surface area contributed by atoms with Crippen molar-refractivity contribution in [3.8, 4) is 22.4 Å². The summed E-state index contributed by atoms with van der Waals surface area (Å²) in [6, 6.07) is 47.7. The van der Waals surface area contributed by atoms with Crippen molar-refractivity contribution in [2.24, 2.45) is 0 Å². The van der Waals surface area contributed by atoms with Gasteiger partial charge in [-0.25, -0.2) is 4.98 Å². The first-order valence-electron chi connectivity index (χ1n) is 13.0. The highest BCUT2D eigenvalue weighted by Crippen LogP contribution is 2.39. The lowest BCUT2D eigenvalue weighted by molar-refractivity contribution is 1.39. The molecule has 1 aromatic heterocycles. The Balaban J connectivity index is 1.60. The molecule has 186 valence electrons. The maximum Gasteiger partial charge on any atom is 0.0951 e. The molecule has 0 amide bonds. The Morgan fingerprint density at radius 1 is 0.615 bits per heavy atom. The van der Waals surface area contributed by atoms with Crippen LogP contribution < -0.4 is 5.73 Å². The Labute approximate surface area is 229 Å². The van der Waals surface area contributed by atoms with Gasteiger partial charge in [-0.05, 0) is 45.5 Å². The zero-order valence-corrected chi connectivity index (χ0v) is 21.6. The summed E-state index contributed by atoms with van der Waals surface area (Å²) in [5, 5.41) is 1.02. The third-order valence-electron chi connectivity index (χ3n) is 7.01. The molecule has 0 bridgehead atoms. The van der Waals surface area contributed by atoms with Gasteiger partial charge in [0.1, 0.15) is 0 Å². The summed E-state index contributed by atoms with van der Waals surface area (Å²) in [5.41, 5.74) is 17.7. The highest BCUT2D eigenvalue weighted by Gasteiger charge is 2.17. The number of pyridine rings is 1. The quantitative estimate of drug-likeness (QED) is 0.183. The minimum atomic E-state index is 0.651. The number of aromatic nitrogens is 1. The van der Waals surface area contributed by atoms with Crippen LogP contribution in [0, 0.1) is 0 Å². The summed E-state index contributed by atoms with van der Waals surface area (Å²) in [4.78, 5) is 5.13. The average molecular weight is 501 g/mol. The number of benzene rings is 5. The number of anilines is 1. The molecular weight excluding hydrogens is 472 g/mol. The number of nitrogens with two attached hydrogens (primary N) is 1. The van der Waals surface area contributed by atoms with Crippen LogP contribution in [0.4, 0.5) is 5.69 Å².